The van der Waals surface area contributed by atoms with E-state index in [2.05, 4.69) is 5.32 Å². The van der Waals surface area contributed by atoms with E-state index in [0.29, 0.717) is 30.0 Å². The van der Waals surface area contributed by atoms with Gasteiger partial charge in [-0.2, -0.15) is 13.2 Å². The Hall–Kier alpha value is -3.67. The summed E-state index contributed by atoms with van der Waals surface area (Å²) in [5.41, 5.74) is 1.38. The smallest absolute Gasteiger partial charge is 0.478 e. The minimum Gasteiger partial charge on any atom is -0.478 e. The number of anilines is 2. The number of hydrogen-bond donors (Lipinski definition) is 3. The van der Waals surface area contributed by atoms with Crippen LogP contribution in [0.2, 0.25) is 0 Å². The van der Waals surface area contributed by atoms with Gasteiger partial charge in [-0.15, -0.1) is 0 Å². The molecule has 0 bridgehead atoms. The van der Waals surface area contributed by atoms with E-state index < -0.39 is 29.8 Å². The third-order valence-electron chi connectivity index (χ3n) is 4.37. The van der Waals surface area contributed by atoms with Crippen LogP contribution in [0, 0.1) is 5.82 Å². The topological polar surface area (TPSA) is 110 Å². The molecule has 0 radical (unpaired) electrons. The predicted octanol–water partition coefficient (Wildman–Crippen LogP) is 3.80. The average Bonchev–Trinajstić information content (AvgIpc) is 2.74. The Kier molecular flexibility index (Phi) is 10.5. The number of carbonyl (C=O) groups is 3. The molecule has 34 heavy (non-hydrogen) atoms. The van der Waals surface area contributed by atoms with E-state index in [4.69, 9.17) is 9.90 Å². The van der Waals surface area contributed by atoms with Gasteiger partial charge in [0, 0.05) is 30.9 Å². The standard InChI is InChI=1S/C20H24FN3O3.C2HF3O2/c1-4-24(12-11-23(2)3)18-10-9-16(13-17(18)20(26)27)22-19(25)14-5-7-15(21)8-6-14;3-2(4,5)1(6)7/h5-10,13H,4,11-12H2,1-3H3,(H,22,25)(H,26,27);(H,6,7). The molecule has 0 atom stereocenters. The van der Waals surface area contributed by atoms with Crippen molar-refractivity contribution in [2.75, 3.05) is 43.9 Å². The van der Waals surface area contributed by atoms with Crippen LogP contribution in [0.5, 0.6) is 0 Å². The Morgan fingerprint density at radius 2 is 1.53 bits per heavy atom. The van der Waals surface area contributed by atoms with Crippen molar-refractivity contribution in [2.45, 2.75) is 13.1 Å². The lowest BCUT2D eigenvalue weighted by atomic mass is 10.1. The molecule has 0 unspecified atom stereocenters. The number of hydrogen-bond acceptors (Lipinski definition) is 5. The van der Waals surface area contributed by atoms with Gasteiger partial charge in [-0.25, -0.2) is 14.0 Å². The van der Waals surface area contributed by atoms with Crippen molar-refractivity contribution < 1.29 is 42.2 Å². The van der Waals surface area contributed by atoms with Crippen molar-refractivity contribution in [1.82, 2.24) is 4.90 Å². The summed E-state index contributed by atoms with van der Waals surface area (Å²) < 4.78 is 44.7. The largest absolute Gasteiger partial charge is 0.490 e. The van der Waals surface area contributed by atoms with Crippen LogP contribution in [-0.4, -0.2) is 72.9 Å². The summed E-state index contributed by atoms with van der Waals surface area (Å²) in [7, 11) is 3.92. The zero-order chi connectivity index (χ0) is 26.1. The summed E-state index contributed by atoms with van der Waals surface area (Å²) in [6.07, 6.45) is -5.08. The second-order valence-corrected chi connectivity index (χ2v) is 7.18. The Morgan fingerprint density at radius 3 is 1.97 bits per heavy atom. The lowest BCUT2D eigenvalue weighted by Crippen LogP contribution is -2.32. The highest BCUT2D eigenvalue weighted by atomic mass is 19.4. The monoisotopic (exact) mass is 487 g/mol. The molecule has 2 aromatic rings. The normalized spacial score (nSPS) is 10.8. The molecule has 0 aromatic heterocycles. The molecule has 0 fully saturated rings. The number of carboxylic acid groups (broad SMARTS) is 2. The van der Waals surface area contributed by atoms with Crippen LogP contribution in [0.15, 0.2) is 42.5 Å². The van der Waals surface area contributed by atoms with Gasteiger partial charge in [0.2, 0.25) is 0 Å². The fourth-order valence-corrected chi connectivity index (χ4v) is 2.63. The van der Waals surface area contributed by atoms with Crippen molar-refractivity contribution in [3.8, 4) is 0 Å². The Bertz CT molecular complexity index is 995. The van der Waals surface area contributed by atoms with Gasteiger partial charge < -0.3 is 25.3 Å². The van der Waals surface area contributed by atoms with Gasteiger partial charge in [-0.1, -0.05) is 0 Å². The first-order valence-electron chi connectivity index (χ1n) is 9.90. The molecule has 0 spiro atoms. The fourth-order valence-electron chi connectivity index (χ4n) is 2.63. The number of nitrogens with zero attached hydrogens (tertiary/aromatic N) is 2. The second-order valence-electron chi connectivity index (χ2n) is 7.18. The summed E-state index contributed by atoms with van der Waals surface area (Å²) in [5, 5.41) is 19.4. The Balaban J connectivity index is 0.000000718. The molecule has 2 aromatic carbocycles. The number of rotatable bonds is 8. The highest BCUT2D eigenvalue weighted by Gasteiger charge is 2.38. The van der Waals surface area contributed by atoms with Crippen LogP contribution < -0.4 is 10.2 Å². The molecule has 0 aliphatic carbocycles. The number of aromatic carboxylic acids is 1. The lowest BCUT2D eigenvalue weighted by molar-refractivity contribution is -0.192. The molecule has 186 valence electrons. The molecular formula is C22H25F4N3O5. The van der Waals surface area contributed by atoms with Crippen LogP contribution in [0.3, 0.4) is 0 Å². The molecular weight excluding hydrogens is 462 g/mol. The first-order valence-corrected chi connectivity index (χ1v) is 9.90. The number of carbonyl (C=O) groups excluding carboxylic acids is 1. The SMILES string of the molecule is CCN(CCN(C)C)c1ccc(NC(=O)c2ccc(F)cc2)cc1C(=O)O.O=C(O)C(F)(F)F. The van der Waals surface area contributed by atoms with Crippen LogP contribution in [0.1, 0.15) is 27.6 Å². The molecule has 8 nitrogen and oxygen atoms in total. The number of benzene rings is 2. The minimum atomic E-state index is -5.08. The van der Waals surface area contributed by atoms with Gasteiger partial charge in [-0.3, -0.25) is 4.79 Å². The fraction of sp³-hybridized carbons (Fsp3) is 0.318. The molecule has 0 heterocycles. The maximum atomic E-state index is 13.0. The van der Waals surface area contributed by atoms with Gasteiger partial charge in [0.05, 0.1) is 11.3 Å². The van der Waals surface area contributed by atoms with Gasteiger partial charge in [0.25, 0.3) is 5.91 Å². The van der Waals surface area contributed by atoms with Crippen molar-refractivity contribution in [1.29, 1.82) is 0 Å². The highest BCUT2D eigenvalue weighted by Crippen LogP contribution is 2.25. The summed E-state index contributed by atoms with van der Waals surface area (Å²) in [5.74, 6) is -4.68. The van der Waals surface area contributed by atoms with E-state index in [0.717, 1.165) is 6.54 Å². The summed E-state index contributed by atoms with van der Waals surface area (Å²) in [6, 6.07) is 9.95. The molecule has 0 aliphatic heterocycles. The number of carboxylic acids is 2. The van der Waals surface area contributed by atoms with E-state index >= 15 is 0 Å². The maximum Gasteiger partial charge on any atom is 0.490 e. The number of halogens is 4. The van der Waals surface area contributed by atoms with Gasteiger partial charge in [0.1, 0.15) is 5.82 Å². The van der Waals surface area contributed by atoms with Crippen LogP contribution in [-0.2, 0) is 4.79 Å². The van der Waals surface area contributed by atoms with Crippen molar-refractivity contribution in [2.24, 2.45) is 0 Å². The average molecular weight is 487 g/mol. The van der Waals surface area contributed by atoms with Crippen LogP contribution >= 0.6 is 0 Å². The van der Waals surface area contributed by atoms with E-state index in [-0.39, 0.29) is 5.56 Å². The van der Waals surface area contributed by atoms with Crippen molar-refractivity contribution in [3.63, 3.8) is 0 Å². The third-order valence-corrected chi connectivity index (χ3v) is 4.37. The lowest BCUT2D eigenvalue weighted by Gasteiger charge is -2.26. The van der Waals surface area contributed by atoms with Crippen molar-refractivity contribution in [3.05, 3.63) is 59.4 Å². The summed E-state index contributed by atoms with van der Waals surface area (Å²) in [6.45, 7) is 4.10. The molecule has 0 saturated heterocycles. The Labute approximate surface area is 193 Å². The zero-order valence-corrected chi connectivity index (χ0v) is 18.7. The van der Waals surface area contributed by atoms with E-state index in [1.165, 1.54) is 30.3 Å². The number of aliphatic carboxylic acids is 1. The van der Waals surface area contributed by atoms with E-state index in [9.17, 15) is 32.3 Å². The molecule has 3 N–H and O–H groups in total. The maximum absolute atomic E-state index is 13.0. The summed E-state index contributed by atoms with van der Waals surface area (Å²) >= 11 is 0. The van der Waals surface area contributed by atoms with E-state index in [1.54, 1.807) is 12.1 Å². The van der Waals surface area contributed by atoms with Crippen LogP contribution in [0.25, 0.3) is 0 Å². The Morgan fingerprint density at radius 1 is 0.971 bits per heavy atom. The second kappa shape index (κ2) is 12.5. The van der Waals surface area contributed by atoms with Crippen LogP contribution in [0.4, 0.5) is 28.9 Å². The van der Waals surface area contributed by atoms with Gasteiger partial charge in [0.15, 0.2) is 0 Å². The third kappa shape index (κ3) is 9.06. The number of alkyl halides is 3. The first-order chi connectivity index (χ1) is 15.8. The van der Waals surface area contributed by atoms with Crippen molar-refractivity contribution >= 4 is 29.2 Å². The molecule has 2 rings (SSSR count). The zero-order valence-electron chi connectivity index (χ0n) is 18.7. The van der Waals surface area contributed by atoms with Gasteiger partial charge in [-0.05, 0) is 63.5 Å². The molecule has 12 heteroatoms. The van der Waals surface area contributed by atoms with E-state index in [1.807, 2.05) is 30.8 Å². The number of nitrogens with one attached hydrogen (secondary N) is 1. The summed E-state index contributed by atoms with van der Waals surface area (Å²) in [4.78, 5) is 36.9. The first kappa shape index (κ1) is 28.4. The molecule has 0 saturated carbocycles. The number of amides is 1. The molecule has 1 amide bonds. The number of likely N-dealkylation sites (N-methyl/N-ethyl adjacent to an activating group) is 2. The predicted molar refractivity (Wildman–Crippen MR) is 118 cm³/mol. The van der Waals surface area contributed by atoms with Gasteiger partial charge >= 0.3 is 18.1 Å². The molecule has 0 aliphatic rings. The quantitative estimate of drug-likeness (QED) is 0.486. The highest BCUT2D eigenvalue weighted by molar-refractivity contribution is 6.05. The minimum absolute atomic E-state index is 0.118.